The number of hydrogen-bond donors (Lipinski definition) is 2. The van der Waals surface area contributed by atoms with Gasteiger partial charge in [0.15, 0.2) is 0 Å². The minimum Gasteiger partial charge on any atom is -0.396 e. The Balaban J connectivity index is 2.25. The van der Waals surface area contributed by atoms with Crippen molar-refractivity contribution in [2.24, 2.45) is 0 Å². The summed E-state index contributed by atoms with van der Waals surface area (Å²) in [5.74, 6) is -0.315. The predicted octanol–water partition coefficient (Wildman–Crippen LogP) is 3.22. The Kier molecular flexibility index (Phi) is 3.69. The van der Waals surface area contributed by atoms with Crippen molar-refractivity contribution in [3.63, 3.8) is 0 Å². The Bertz CT molecular complexity index is 564. The Morgan fingerprint density at radius 1 is 1.17 bits per heavy atom. The van der Waals surface area contributed by atoms with Crippen molar-refractivity contribution in [3.05, 3.63) is 52.3 Å². The maximum absolute atomic E-state index is 11.9. The van der Waals surface area contributed by atoms with Gasteiger partial charge in [0.2, 0.25) is 0 Å². The number of carbonyl (C=O) groups excluding carboxylic acids is 1. The lowest BCUT2D eigenvalue weighted by Crippen LogP contribution is -2.12. The van der Waals surface area contributed by atoms with E-state index in [4.69, 9.17) is 28.9 Å². The minimum atomic E-state index is -0.315. The second-order valence-corrected chi connectivity index (χ2v) is 4.36. The van der Waals surface area contributed by atoms with Crippen molar-refractivity contribution in [2.45, 2.75) is 0 Å². The number of nitrogens with one attached hydrogen (secondary N) is 1. The highest BCUT2D eigenvalue weighted by Crippen LogP contribution is 2.29. The molecule has 0 saturated carbocycles. The first kappa shape index (κ1) is 12.7. The van der Waals surface area contributed by atoms with Crippen LogP contribution in [0, 0.1) is 0 Å². The number of aromatic nitrogens is 1. The van der Waals surface area contributed by atoms with Gasteiger partial charge in [-0.2, -0.15) is 0 Å². The normalized spacial score (nSPS) is 10.1. The number of benzene rings is 1. The number of pyridine rings is 1. The number of rotatable bonds is 2. The fraction of sp³-hybridized carbons (Fsp3) is 0. The van der Waals surface area contributed by atoms with Crippen molar-refractivity contribution in [1.82, 2.24) is 4.98 Å². The Morgan fingerprint density at radius 2 is 1.72 bits per heavy atom. The lowest BCUT2D eigenvalue weighted by molar-refractivity contribution is 0.102. The van der Waals surface area contributed by atoms with Crippen LogP contribution < -0.4 is 11.1 Å². The number of nitrogen functional groups attached to an aromatic ring is 1. The third kappa shape index (κ3) is 2.72. The van der Waals surface area contributed by atoms with Gasteiger partial charge >= 0.3 is 0 Å². The minimum absolute atomic E-state index is 0.252. The summed E-state index contributed by atoms with van der Waals surface area (Å²) in [5.41, 5.74) is 6.84. The molecule has 0 atom stereocenters. The van der Waals surface area contributed by atoms with E-state index in [1.54, 1.807) is 24.5 Å². The first-order valence-electron chi connectivity index (χ1n) is 5.04. The van der Waals surface area contributed by atoms with Crippen molar-refractivity contribution in [3.8, 4) is 0 Å². The fourth-order valence-corrected chi connectivity index (χ4v) is 1.84. The summed E-state index contributed by atoms with van der Waals surface area (Å²) in [5, 5.41) is 3.20. The summed E-state index contributed by atoms with van der Waals surface area (Å²) in [4.78, 5) is 15.8. The number of nitrogens with two attached hydrogens (primary N) is 1. The highest BCUT2D eigenvalue weighted by atomic mass is 35.5. The summed E-state index contributed by atoms with van der Waals surface area (Å²) >= 11 is 11.7. The van der Waals surface area contributed by atoms with E-state index in [9.17, 15) is 4.79 Å². The molecule has 1 heterocycles. The Morgan fingerprint density at radius 3 is 2.28 bits per heavy atom. The van der Waals surface area contributed by atoms with Crippen molar-refractivity contribution in [1.29, 1.82) is 0 Å². The molecule has 1 amide bonds. The van der Waals surface area contributed by atoms with Gasteiger partial charge in [0, 0.05) is 23.6 Å². The number of halogens is 2. The molecule has 0 bridgehead atoms. The molecule has 3 N–H and O–H groups in total. The average Bonchev–Trinajstić information content (AvgIpc) is 2.36. The summed E-state index contributed by atoms with van der Waals surface area (Å²) in [6.45, 7) is 0. The molecule has 0 spiro atoms. The van der Waals surface area contributed by atoms with Gasteiger partial charge in [-0.25, -0.2) is 0 Å². The smallest absolute Gasteiger partial charge is 0.255 e. The zero-order valence-corrected chi connectivity index (χ0v) is 10.7. The predicted molar refractivity (Wildman–Crippen MR) is 73.1 cm³/mol. The maximum Gasteiger partial charge on any atom is 0.255 e. The van der Waals surface area contributed by atoms with Crippen LogP contribution in [0.15, 0.2) is 36.7 Å². The fourth-order valence-electron chi connectivity index (χ4n) is 1.35. The molecule has 0 saturated heterocycles. The molecule has 0 aliphatic rings. The summed E-state index contributed by atoms with van der Waals surface area (Å²) < 4.78 is 0. The highest BCUT2D eigenvalue weighted by molar-refractivity contribution is 6.39. The van der Waals surface area contributed by atoms with E-state index >= 15 is 0 Å². The molecule has 6 heteroatoms. The van der Waals surface area contributed by atoms with E-state index in [-0.39, 0.29) is 21.6 Å². The van der Waals surface area contributed by atoms with Gasteiger partial charge in [0.1, 0.15) is 0 Å². The third-order valence-electron chi connectivity index (χ3n) is 2.28. The van der Waals surface area contributed by atoms with E-state index in [0.717, 1.165) is 0 Å². The molecule has 0 radical (unpaired) electrons. The van der Waals surface area contributed by atoms with Gasteiger partial charge in [0.05, 0.1) is 15.7 Å². The van der Waals surface area contributed by atoms with Crippen molar-refractivity contribution >= 4 is 40.5 Å². The quantitative estimate of drug-likeness (QED) is 0.831. The molecule has 0 fully saturated rings. The molecular formula is C12H9Cl2N3O. The van der Waals surface area contributed by atoms with E-state index in [2.05, 4.69) is 10.3 Å². The van der Waals surface area contributed by atoms with Crippen LogP contribution in [0.1, 0.15) is 10.4 Å². The summed E-state index contributed by atoms with van der Waals surface area (Å²) in [7, 11) is 0. The molecule has 0 unspecified atom stereocenters. The zero-order chi connectivity index (χ0) is 13.1. The zero-order valence-electron chi connectivity index (χ0n) is 9.15. The number of carbonyl (C=O) groups is 1. The number of hydrogen-bond acceptors (Lipinski definition) is 3. The van der Waals surface area contributed by atoms with Crippen molar-refractivity contribution < 1.29 is 4.79 Å². The number of anilines is 2. The standard InChI is InChI=1S/C12H9Cl2N3O/c13-9-5-7(6-10(14)11(9)15)12(18)17-8-1-3-16-4-2-8/h1-6H,15H2,(H,16,17,18). The molecule has 0 aliphatic carbocycles. The number of nitrogens with zero attached hydrogens (tertiary/aromatic N) is 1. The molecule has 4 nitrogen and oxygen atoms in total. The molecule has 1 aromatic heterocycles. The third-order valence-corrected chi connectivity index (χ3v) is 2.90. The van der Waals surface area contributed by atoms with Crippen LogP contribution in [0.2, 0.25) is 10.0 Å². The van der Waals surface area contributed by atoms with Crippen molar-refractivity contribution in [2.75, 3.05) is 11.1 Å². The van der Waals surface area contributed by atoms with Crippen LogP contribution in [0.5, 0.6) is 0 Å². The van der Waals surface area contributed by atoms with Gasteiger partial charge < -0.3 is 11.1 Å². The molecule has 1 aromatic carbocycles. The molecule has 0 aliphatic heterocycles. The molecular weight excluding hydrogens is 273 g/mol. The largest absolute Gasteiger partial charge is 0.396 e. The Hall–Kier alpha value is -1.78. The van der Waals surface area contributed by atoms with Crippen LogP contribution in [-0.4, -0.2) is 10.9 Å². The van der Waals surface area contributed by atoms with Crippen LogP contribution >= 0.6 is 23.2 Å². The van der Waals surface area contributed by atoms with Crippen LogP contribution in [-0.2, 0) is 0 Å². The monoisotopic (exact) mass is 281 g/mol. The van der Waals surface area contributed by atoms with E-state index in [1.807, 2.05) is 0 Å². The maximum atomic E-state index is 11.9. The van der Waals surface area contributed by atoms with Crippen LogP contribution in [0.25, 0.3) is 0 Å². The lowest BCUT2D eigenvalue weighted by Gasteiger charge is -2.07. The van der Waals surface area contributed by atoms with E-state index < -0.39 is 0 Å². The Labute approximate surface area is 114 Å². The van der Waals surface area contributed by atoms with E-state index in [1.165, 1.54) is 12.1 Å². The summed E-state index contributed by atoms with van der Waals surface area (Å²) in [6.07, 6.45) is 3.16. The highest BCUT2D eigenvalue weighted by Gasteiger charge is 2.11. The topological polar surface area (TPSA) is 68.0 Å². The SMILES string of the molecule is Nc1c(Cl)cc(C(=O)Nc2ccncc2)cc1Cl. The van der Waals surface area contributed by atoms with Gasteiger partial charge in [-0.05, 0) is 24.3 Å². The second kappa shape index (κ2) is 5.25. The van der Waals surface area contributed by atoms with E-state index in [0.29, 0.717) is 11.3 Å². The number of amides is 1. The second-order valence-electron chi connectivity index (χ2n) is 3.54. The first-order chi connectivity index (χ1) is 8.58. The van der Waals surface area contributed by atoms with Gasteiger partial charge in [-0.3, -0.25) is 9.78 Å². The van der Waals surface area contributed by atoms with Crippen LogP contribution in [0.4, 0.5) is 11.4 Å². The van der Waals surface area contributed by atoms with Gasteiger partial charge in [-0.15, -0.1) is 0 Å². The molecule has 18 heavy (non-hydrogen) atoms. The van der Waals surface area contributed by atoms with Gasteiger partial charge in [-0.1, -0.05) is 23.2 Å². The molecule has 2 rings (SSSR count). The summed E-state index contributed by atoms with van der Waals surface area (Å²) in [6, 6.07) is 6.30. The first-order valence-corrected chi connectivity index (χ1v) is 5.79. The average molecular weight is 282 g/mol. The lowest BCUT2D eigenvalue weighted by atomic mass is 10.2. The van der Waals surface area contributed by atoms with Crippen LogP contribution in [0.3, 0.4) is 0 Å². The molecule has 2 aromatic rings. The van der Waals surface area contributed by atoms with Gasteiger partial charge in [0.25, 0.3) is 5.91 Å². The molecule has 92 valence electrons.